The van der Waals surface area contributed by atoms with Gasteiger partial charge in [0.1, 0.15) is 5.83 Å². The first-order valence-electron chi connectivity index (χ1n) is 7.85. The number of allylic oxidation sites excluding steroid dienone is 1. The van der Waals surface area contributed by atoms with Gasteiger partial charge in [-0.3, -0.25) is 0 Å². The molecule has 0 atom stereocenters. The molecule has 2 aromatic carbocycles. The maximum absolute atomic E-state index is 13.9. The predicted molar refractivity (Wildman–Crippen MR) is 89.1 cm³/mol. The Hall–Kier alpha value is -1.96. The van der Waals surface area contributed by atoms with Crippen molar-refractivity contribution >= 4 is 5.83 Å². The Kier molecular flexibility index (Phi) is 5.88. The van der Waals surface area contributed by atoms with Crippen LogP contribution in [0.5, 0.6) is 0 Å². The van der Waals surface area contributed by atoms with Gasteiger partial charge < -0.3 is 0 Å². The molecule has 0 aliphatic heterocycles. The molecule has 0 N–H and O–H groups in total. The van der Waals surface area contributed by atoms with Crippen LogP contribution in [0, 0.1) is 0 Å². The molecule has 0 saturated heterocycles. The molecule has 2 heteroatoms. The van der Waals surface area contributed by atoms with E-state index in [1.54, 1.807) is 12.1 Å². The Morgan fingerprint density at radius 2 is 1.27 bits per heavy atom. The average molecular weight is 300 g/mol. The molecule has 0 aromatic heterocycles. The molecule has 0 aliphatic rings. The molecule has 0 heterocycles. The van der Waals surface area contributed by atoms with E-state index in [1.807, 2.05) is 19.1 Å². The predicted octanol–water partition coefficient (Wildman–Crippen LogP) is 6.25. The Bertz CT molecular complexity index is 622. The van der Waals surface area contributed by atoms with Crippen molar-refractivity contribution in [2.24, 2.45) is 0 Å². The quantitative estimate of drug-likeness (QED) is 0.591. The minimum absolute atomic E-state index is 0.150. The molecule has 0 radical (unpaired) electrons. The van der Waals surface area contributed by atoms with E-state index in [-0.39, 0.29) is 6.42 Å². The zero-order valence-corrected chi connectivity index (χ0v) is 13.2. The summed E-state index contributed by atoms with van der Waals surface area (Å²) in [5, 5.41) is 0. The molecule has 2 aromatic rings. The first-order valence-corrected chi connectivity index (χ1v) is 7.85. The smallest absolute Gasteiger partial charge is 0.161 e. The largest absolute Gasteiger partial charge is 0.209 e. The van der Waals surface area contributed by atoms with E-state index in [0.29, 0.717) is 12.0 Å². The standard InChI is InChI=1S/C20H22F2/c1-3-5-19(21)20(22)18-12-10-17(11-13-18)14-16-8-6-15(4-2)7-9-16/h6-13H,3-5,14H2,1-2H3/b20-19-. The van der Waals surface area contributed by atoms with Crippen molar-refractivity contribution in [2.45, 2.75) is 39.5 Å². The van der Waals surface area contributed by atoms with E-state index in [2.05, 4.69) is 31.2 Å². The third-order valence-corrected chi connectivity index (χ3v) is 3.75. The van der Waals surface area contributed by atoms with Crippen molar-refractivity contribution in [2.75, 3.05) is 0 Å². The number of rotatable bonds is 6. The molecule has 0 amide bonds. The van der Waals surface area contributed by atoms with Crippen LogP contribution in [0.1, 0.15) is 48.9 Å². The third kappa shape index (κ3) is 4.27. The van der Waals surface area contributed by atoms with Gasteiger partial charge in [-0.1, -0.05) is 62.4 Å². The fraction of sp³-hybridized carbons (Fsp3) is 0.300. The van der Waals surface area contributed by atoms with Crippen LogP contribution in [0.2, 0.25) is 0 Å². The number of aryl methyl sites for hydroxylation is 1. The summed E-state index contributed by atoms with van der Waals surface area (Å²) in [6, 6.07) is 15.5. The second-order valence-electron chi connectivity index (χ2n) is 5.51. The third-order valence-electron chi connectivity index (χ3n) is 3.75. The molecular weight excluding hydrogens is 278 g/mol. The fourth-order valence-electron chi connectivity index (χ4n) is 2.38. The molecular formula is C20H22F2. The van der Waals surface area contributed by atoms with Crippen LogP contribution in [-0.4, -0.2) is 0 Å². The fourth-order valence-corrected chi connectivity index (χ4v) is 2.38. The topological polar surface area (TPSA) is 0 Å². The van der Waals surface area contributed by atoms with Gasteiger partial charge in [-0.2, -0.15) is 0 Å². The van der Waals surface area contributed by atoms with Gasteiger partial charge >= 0.3 is 0 Å². The van der Waals surface area contributed by atoms with Crippen molar-refractivity contribution in [3.05, 3.63) is 76.6 Å². The SMILES string of the molecule is CCC/C(F)=C(/F)c1ccc(Cc2ccc(CC)cc2)cc1. The van der Waals surface area contributed by atoms with E-state index in [1.165, 1.54) is 11.1 Å². The van der Waals surface area contributed by atoms with E-state index in [9.17, 15) is 8.78 Å². The summed E-state index contributed by atoms with van der Waals surface area (Å²) in [6.07, 6.45) is 2.58. The van der Waals surface area contributed by atoms with E-state index >= 15 is 0 Å². The zero-order valence-electron chi connectivity index (χ0n) is 13.2. The van der Waals surface area contributed by atoms with Crippen molar-refractivity contribution in [3.63, 3.8) is 0 Å². The summed E-state index contributed by atoms with van der Waals surface area (Å²) < 4.78 is 27.4. The van der Waals surface area contributed by atoms with Crippen molar-refractivity contribution in [3.8, 4) is 0 Å². The van der Waals surface area contributed by atoms with Gasteiger partial charge in [-0.25, -0.2) is 8.78 Å². The highest BCUT2D eigenvalue weighted by Crippen LogP contribution is 2.25. The van der Waals surface area contributed by atoms with Crippen molar-refractivity contribution < 1.29 is 8.78 Å². The van der Waals surface area contributed by atoms with E-state index < -0.39 is 11.7 Å². The van der Waals surface area contributed by atoms with E-state index in [4.69, 9.17) is 0 Å². The highest BCUT2D eigenvalue weighted by Gasteiger charge is 2.08. The van der Waals surface area contributed by atoms with Crippen LogP contribution >= 0.6 is 0 Å². The minimum atomic E-state index is -0.735. The van der Waals surface area contributed by atoms with Gasteiger partial charge in [-0.05, 0) is 36.0 Å². The lowest BCUT2D eigenvalue weighted by Gasteiger charge is -2.05. The van der Waals surface area contributed by atoms with Crippen molar-refractivity contribution in [1.29, 1.82) is 0 Å². The molecule has 0 fully saturated rings. The number of hydrogen-bond acceptors (Lipinski definition) is 0. The van der Waals surface area contributed by atoms with Gasteiger partial charge in [0.2, 0.25) is 0 Å². The van der Waals surface area contributed by atoms with Gasteiger partial charge in [-0.15, -0.1) is 0 Å². The highest BCUT2D eigenvalue weighted by atomic mass is 19.2. The molecule has 0 aliphatic carbocycles. The highest BCUT2D eigenvalue weighted by molar-refractivity contribution is 5.61. The number of benzene rings is 2. The van der Waals surface area contributed by atoms with Crippen LogP contribution in [-0.2, 0) is 12.8 Å². The summed E-state index contributed by atoms with van der Waals surface area (Å²) in [7, 11) is 0. The van der Waals surface area contributed by atoms with Gasteiger partial charge in [0.15, 0.2) is 5.83 Å². The second kappa shape index (κ2) is 7.88. The van der Waals surface area contributed by atoms with Crippen LogP contribution in [0.25, 0.3) is 5.83 Å². The summed E-state index contributed by atoms with van der Waals surface area (Å²) in [5.74, 6) is -1.40. The van der Waals surface area contributed by atoms with Gasteiger partial charge in [0.25, 0.3) is 0 Å². The molecule has 0 saturated carbocycles. The first kappa shape index (κ1) is 16.4. The first-order chi connectivity index (χ1) is 10.6. The Labute approximate surface area is 131 Å². The monoisotopic (exact) mass is 300 g/mol. The van der Waals surface area contributed by atoms with Crippen LogP contribution < -0.4 is 0 Å². The summed E-state index contributed by atoms with van der Waals surface area (Å²) >= 11 is 0. The molecule has 22 heavy (non-hydrogen) atoms. The van der Waals surface area contributed by atoms with Crippen LogP contribution in [0.15, 0.2) is 54.4 Å². The lowest BCUT2D eigenvalue weighted by molar-refractivity contribution is 0.559. The summed E-state index contributed by atoms with van der Waals surface area (Å²) in [4.78, 5) is 0. The van der Waals surface area contributed by atoms with Gasteiger partial charge in [0.05, 0.1) is 0 Å². The minimum Gasteiger partial charge on any atom is -0.209 e. The summed E-state index contributed by atoms with van der Waals surface area (Å²) in [6.45, 7) is 3.97. The van der Waals surface area contributed by atoms with Gasteiger partial charge in [0, 0.05) is 12.0 Å². The Balaban J connectivity index is 2.09. The van der Waals surface area contributed by atoms with Crippen molar-refractivity contribution in [1.82, 2.24) is 0 Å². The Morgan fingerprint density at radius 1 is 0.773 bits per heavy atom. The number of hydrogen-bond donors (Lipinski definition) is 0. The normalized spacial score (nSPS) is 12.2. The van der Waals surface area contributed by atoms with E-state index in [0.717, 1.165) is 18.4 Å². The maximum Gasteiger partial charge on any atom is 0.161 e. The molecule has 0 unspecified atom stereocenters. The molecule has 0 bridgehead atoms. The second-order valence-corrected chi connectivity index (χ2v) is 5.51. The lowest BCUT2D eigenvalue weighted by Crippen LogP contribution is -1.90. The molecule has 0 nitrogen and oxygen atoms in total. The maximum atomic E-state index is 13.9. The molecule has 0 spiro atoms. The average Bonchev–Trinajstić information content (AvgIpc) is 2.56. The summed E-state index contributed by atoms with van der Waals surface area (Å²) in [5.41, 5.74) is 3.95. The molecule has 2 rings (SSSR count). The number of halogens is 2. The van der Waals surface area contributed by atoms with Crippen LogP contribution in [0.4, 0.5) is 8.78 Å². The lowest BCUT2D eigenvalue weighted by atomic mass is 10.0. The Morgan fingerprint density at radius 3 is 1.77 bits per heavy atom. The zero-order chi connectivity index (χ0) is 15.9. The molecule has 116 valence electrons. The van der Waals surface area contributed by atoms with Crippen LogP contribution in [0.3, 0.4) is 0 Å².